The van der Waals surface area contributed by atoms with E-state index in [-0.39, 0.29) is 97.2 Å². The van der Waals surface area contributed by atoms with Gasteiger partial charge in [0, 0.05) is 39.0 Å². The van der Waals surface area contributed by atoms with Crippen LogP contribution in [-0.2, 0) is 73.5 Å². The second-order valence-electron chi connectivity index (χ2n) is 28.4. The molecule has 0 aromatic heterocycles. The van der Waals surface area contributed by atoms with E-state index in [2.05, 4.69) is 26.0 Å². The molecule has 8 atom stereocenters. The molecule has 6 amide bonds. The number of thioether (sulfide) groups is 2. The Morgan fingerprint density at radius 1 is 0.519 bits per heavy atom. The average molecular weight is 1520 g/mol. The number of aryl methyl sites for hydroxylation is 4. The van der Waals surface area contributed by atoms with Crippen molar-refractivity contribution >= 4 is 82.8 Å². The average Bonchev–Trinajstić information content (AvgIpc) is 0.825. The summed E-state index contributed by atoms with van der Waals surface area (Å²) in [7, 11) is 0. The van der Waals surface area contributed by atoms with E-state index in [0.29, 0.717) is 81.3 Å². The number of Topliss-reactive ketones (excluding diaryl/α,β-unsaturated/α-hetero) is 2. The molecule has 3 aliphatic heterocycles. The number of rotatable bonds is 37. The number of amides is 6. The zero-order valence-corrected chi connectivity index (χ0v) is 64.9. The second kappa shape index (κ2) is 44.7. The molecule has 22 nitrogen and oxygen atoms in total. The van der Waals surface area contributed by atoms with Crippen molar-refractivity contribution < 1.29 is 77.1 Å². The number of ether oxygens (including phenoxy) is 4. The number of aliphatic carboxylic acids is 1. The Hall–Kier alpha value is -9.52. The lowest BCUT2D eigenvalue weighted by Crippen LogP contribution is -2.56. The molecule has 3 heterocycles. The van der Waals surface area contributed by atoms with Crippen LogP contribution in [0.15, 0.2) is 158 Å². The lowest BCUT2D eigenvalue weighted by Gasteiger charge is -2.37. The van der Waals surface area contributed by atoms with Crippen LogP contribution in [0.4, 0.5) is 9.59 Å². The molecular formula is C84H106N6O16S2. The summed E-state index contributed by atoms with van der Waals surface area (Å²) < 4.78 is 22.2. The first-order valence-electron chi connectivity index (χ1n) is 37.1. The van der Waals surface area contributed by atoms with Crippen molar-refractivity contribution in [3.05, 3.63) is 202 Å². The third-order valence-corrected chi connectivity index (χ3v) is 20.6. The molecule has 3 aliphatic rings. The fraction of sp³-hybridized carbons (Fsp3) is 0.452. The minimum atomic E-state index is -1.05. The maximum Gasteiger partial charge on any atom is 0.323 e. The molecule has 3 saturated heterocycles. The number of nitrogens with one attached hydrogen (secondary N) is 4. The predicted octanol–water partition coefficient (Wildman–Crippen LogP) is 11.0. The highest BCUT2D eigenvalue weighted by molar-refractivity contribution is 8.00. The number of benzene rings is 6. The molecule has 9 rings (SSSR count). The quantitative estimate of drug-likeness (QED) is 0.0156. The van der Waals surface area contributed by atoms with Crippen LogP contribution in [0, 0.1) is 51.4 Å². The Kier molecular flexibility index (Phi) is 35.5. The molecule has 580 valence electrons. The molecule has 24 heteroatoms. The summed E-state index contributed by atoms with van der Waals surface area (Å²) in [5.74, 6) is -2.66. The van der Waals surface area contributed by atoms with Gasteiger partial charge in [0.2, 0.25) is 0 Å². The van der Waals surface area contributed by atoms with Gasteiger partial charge in [-0.3, -0.25) is 38.4 Å². The molecule has 6 N–H and O–H groups in total. The van der Waals surface area contributed by atoms with Gasteiger partial charge in [-0.15, -0.1) is 23.5 Å². The Balaban J connectivity index is 0.000000274. The zero-order valence-electron chi connectivity index (χ0n) is 63.2. The highest BCUT2D eigenvalue weighted by atomic mass is 32.2. The molecule has 0 radical (unpaired) electrons. The van der Waals surface area contributed by atoms with E-state index in [1.165, 1.54) is 11.8 Å². The minimum Gasteiger partial charge on any atom is -0.483 e. The topological polar surface area (TPSA) is 303 Å². The van der Waals surface area contributed by atoms with Gasteiger partial charge < -0.3 is 60.2 Å². The number of esters is 3. The lowest BCUT2D eigenvalue weighted by atomic mass is 9.83. The first kappa shape index (κ1) is 85.7. The number of para-hydroxylation sites is 2. The molecule has 0 aliphatic carbocycles. The van der Waals surface area contributed by atoms with Crippen molar-refractivity contribution in [1.29, 1.82) is 0 Å². The largest absolute Gasteiger partial charge is 0.483 e. The van der Waals surface area contributed by atoms with Crippen molar-refractivity contribution in [3.8, 4) is 11.5 Å². The zero-order chi connectivity index (χ0) is 78.1. The highest BCUT2D eigenvalue weighted by Gasteiger charge is 2.39. The molecule has 0 saturated carbocycles. The van der Waals surface area contributed by atoms with Gasteiger partial charge in [-0.2, -0.15) is 0 Å². The SMILES string of the molecule is Cc1cccc(C)c1OCC(=O)NC(Cc1ccccc1)[C@@H](O)CC(CC(=O)[C@H](C(C)C)N1CCCNC1=O)Cc1ccccc1.Cc1cccc(C)c1OCC(=O)NC(Cc1ccccc1)[C@H](CC(CC(=O)[C@H](C(C)C)N1CCCNC1=O)Cc1ccccc1)OC(=O)CSCC(=O)O.O=C1CSCC(=O)O1. The maximum atomic E-state index is 14.3. The molecule has 6 aromatic rings. The van der Waals surface area contributed by atoms with E-state index in [9.17, 15) is 58.2 Å². The van der Waals surface area contributed by atoms with Crippen LogP contribution in [0.2, 0.25) is 0 Å². The molecule has 3 fully saturated rings. The third-order valence-electron chi connectivity index (χ3n) is 18.8. The van der Waals surface area contributed by atoms with Crippen LogP contribution in [0.1, 0.15) is 111 Å². The Morgan fingerprint density at radius 3 is 1.27 bits per heavy atom. The van der Waals surface area contributed by atoms with Crippen molar-refractivity contribution in [2.45, 2.75) is 156 Å². The number of ketones is 2. The Morgan fingerprint density at radius 2 is 0.898 bits per heavy atom. The number of carboxylic acid groups (broad SMARTS) is 1. The standard InChI is InChI=1S/C42H53N3O8S.C38H49N3O5.C4H4O3S/c1-28(2)40(45-20-12-19-43-42(45)51)35(46)23-33(21-31-15-7-5-8-16-31)24-36(53-39(50)27-54-26-38(48)49)34(22-32-17-9-6-10-18-32)44-37(47)25-52-41-29(3)13-11-14-30(41)4;1-26(2)36(41-20-12-19-39-38(41)45)34(43)24-31(21-29-15-7-5-8-16-29)23-33(42)32(22-30-17-9-6-10-18-30)40-35(44)25-46-37-27(3)13-11-14-28(37)4;5-3-1-8-2-4(6)7-3/h5-11,13-18,28,33-34,36,40H,12,19-27H2,1-4H3,(H,43,51)(H,44,47)(H,48,49);5-11,13-18,26,31-33,36,42H,12,19-25H2,1-4H3,(H,39,45)(H,40,44);1-2H2/t33?,34?,36-,40-;31?,32?,33-,36-;/m00./s1. The first-order chi connectivity index (χ1) is 51.8. The van der Waals surface area contributed by atoms with E-state index in [0.717, 1.165) is 69.1 Å². The second-order valence-corrected chi connectivity index (χ2v) is 30.4. The number of hydrogen-bond donors (Lipinski definition) is 6. The van der Waals surface area contributed by atoms with Crippen LogP contribution in [0.25, 0.3) is 0 Å². The van der Waals surface area contributed by atoms with E-state index in [4.69, 9.17) is 14.2 Å². The monoisotopic (exact) mass is 1520 g/mol. The summed E-state index contributed by atoms with van der Waals surface area (Å²) in [4.78, 5) is 129. The normalized spacial score (nSPS) is 15.8. The van der Waals surface area contributed by atoms with E-state index in [1.54, 1.807) is 9.80 Å². The van der Waals surface area contributed by atoms with Crippen molar-refractivity contribution in [2.75, 3.05) is 62.4 Å². The number of aliphatic hydroxyl groups excluding tert-OH is 1. The van der Waals surface area contributed by atoms with Crippen LogP contribution < -0.4 is 30.7 Å². The Labute approximate surface area is 643 Å². The molecule has 108 heavy (non-hydrogen) atoms. The fourth-order valence-electron chi connectivity index (χ4n) is 13.9. The number of cyclic esters (lactones) is 2. The summed E-state index contributed by atoms with van der Waals surface area (Å²) in [6, 6.07) is 47.5. The number of nitrogens with zero attached hydrogens (tertiary/aromatic N) is 2. The summed E-state index contributed by atoms with van der Waals surface area (Å²) in [5, 5.41) is 32.8. The van der Waals surface area contributed by atoms with E-state index >= 15 is 0 Å². The van der Waals surface area contributed by atoms with Crippen LogP contribution in [0.3, 0.4) is 0 Å². The summed E-state index contributed by atoms with van der Waals surface area (Å²) in [6.07, 6.45) is 2.32. The van der Waals surface area contributed by atoms with Gasteiger partial charge in [-0.05, 0) is 147 Å². The van der Waals surface area contributed by atoms with Crippen molar-refractivity contribution in [2.24, 2.45) is 23.7 Å². The van der Waals surface area contributed by atoms with Crippen LogP contribution >= 0.6 is 23.5 Å². The van der Waals surface area contributed by atoms with E-state index in [1.807, 2.05) is 213 Å². The smallest absolute Gasteiger partial charge is 0.323 e. The molecule has 6 aromatic carbocycles. The van der Waals surface area contributed by atoms with Gasteiger partial charge in [0.25, 0.3) is 11.8 Å². The van der Waals surface area contributed by atoms with Gasteiger partial charge in [0.1, 0.15) is 17.6 Å². The maximum absolute atomic E-state index is 14.3. The number of hydrogen-bond acceptors (Lipinski definition) is 17. The molecule has 0 bridgehead atoms. The van der Waals surface area contributed by atoms with E-state index < -0.39 is 66.2 Å². The third kappa shape index (κ3) is 28.9. The molecule has 4 unspecified atom stereocenters. The van der Waals surface area contributed by atoms with Gasteiger partial charge in [-0.25, -0.2) is 9.59 Å². The van der Waals surface area contributed by atoms with Gasteiger partial charge in [-0.1, -0.05) is 185 Å². The van der Waals surface area contributed by atoms with Gasteiger partial charge in [0.05, 0.1) is 53.3 Å². The highest BCUT2D eigenvalue weighted by Crippen LogP contribution is 2.30. The number of carboxylic acids is 1. The van der Waals surface area contributed by atoms with Crippen molar-refractivity contribution in [3.63, 3.8) is 0 Å². The predicted molar refractivity (Wildman–Crippen MR) is 419 cm³/mol. The summed E-state index contributed by atoms with van der Waals surface area (Å²) in [6.45, 7) is 17.3. The van der Waals surface area contributed by atoms with Crippen LogP contribution in [0.5, 0.6) is 11.5 Å². The molecule has 0 spiro atoms. The number of carbonyl (C=O) groups excluding carboxylic acids is 9. The molecular weight excluding hydrogens is 1410 g/mol. The van der Waals surface area contributed by atoms with Gasteiger partial charge in [0.15, 0.2) is 24.8 Å². The summed E-state index contributed by atoms with van der Waals surface area (Å²) >= 11 is 2.21. The fourth-order valence-corrected chi connectivity index (χ4v) is 15.0. The Bertz CT molecular complexity index is 3850. The minimum absolute atomic E-state index is 0.00849. The van der Waals surface area contributed by atoms with Crippen LogP contribution in [-0.4, -0.2) is 178 Å². The summed E-state index contributed by atoms with van der Waals surface area (Å²) in [5.41, 5.74) is 7.61. The number of urea groups is 2. The lowest BCUT2D eigenvalue weighted by molar-refractivity contribution is -0.156. The van der Waals surface area contributed by atoms with Gasteiger partial charge >= 0.3 is 35.9 Å². The number of carbonyl (C=O) groups is 10. The number of aliphatic hydroxyl groups is 1. The van der Waals surface area contributed by atoms with Crippen molar-refractivity contribution in [1.82, 2.24) is 31.1 Å². The first-order valence-corrected chi connectivity index (χ1v) is 39.4.